The molecule has 3 rings (SSSR count). The number of piperidine rings is 1. The minimum atomic E-state index is -3.61. The van der Waals surface area contributed by atoms with Gasteiger partial charge in [-0.3, -0.25) is 4.79 Å². The van der Waals surface area contributed by atoms with Crippen LogP contribution in [0.15, 0.2) is 46.7 Å². The van der Waals surface area contributed by atoms with E-state index >= 15 is 0 Å². The molecule has 0 radical (unpaired) electrons. The van der Waals surface area contributed by atoms with E-state index in [2.05, 4.69) is 5.32 Å². The highest BCUT2D eigenvalue weighted by Crippen LogP contribution is 2.25. The number of amides is 1. The van der Waals surface area contributed by atoms with Crippen molar-refractivity contribution in [3.63, 3.8) is 0 Å². The zero-order valence-corrected chi connectivity index (χ0v) is 16.2. The molecule has 26 heavy (non-hydrogen) atoms. The first-order chi connectivity index (χ1) is 12.5. The van der Waals surface area contributed by atoms with Crippen LogP contribution in [0.1, 0.15) is 17.7 Å². The minimum Gasteiger partial charge on any atom is -0.497 e. The quantitative estimate of drug-likeness (QED) is 0.817. The number of carbonyl (C=O) groups excluding carboxylic acids is 1. The summed E-state index contributed by atoms with van der Waals surface area (Å²) >= 11 is 1.59. The highest BCUT2D eigenvalue weighted by molar-refractivity contribution is 7.89. The van der Waals surface area contributed by atoms with Gasteiger partial charge < -0.3 is 10.1 Å². The molecule has 1 N–H and O–H groups in total. The van der Waals surface area contributed by atoms with Crippen molar-refractivity contribution in [1.82, 2.24) is 9.62 Å². The van der Waals surface area contributed by atoms with Gasteiger partial charge in [0.25, 0.3) is 0 Å². The van der Waals surface area contributed by atoms with Crippen LogP contribution in [0.25, 0.3) is 0 Å². The molecule has 0 spiro atoms. The second-order valence-corrected chi connectivity index (χ2v) is 9.15. The molecule has 1 amide bonds. The van der Waals surface area contributed by atoms with Crippen LogP contribution in [0.3, 0.4) is 0 Å². The van der Waals surface area contributed by atoms with Crippen LogP contribution in [0.2, 0.25) is 0 Å². The van der Waals surface area contributed by atoms with Gasteiger partial charge in [-0.25, -0.2) is 8.42 Å². The molecule has 140 valence electrons. The van der Waals surface area contributed by atoms with Crippen LogP contribution in [0.5, 0.6) is 5.75 Å². The number of thiophene rings is 1. The van der Waals surface area contributed by atoms with Crippen molar-refractivity contribution in [3.8, 4) is 5.75 Å². The number of methoxy groups -OCH3 is 1. The fourth-order valence-corrected chi connectivity index (χ4v) is 5.17. The van der Waals surface area contributed by atoms with Gasteiger partial charge in [0.05, 0.1) is 24.5 Å². The number of ether oxygens (including phenoxy) is 1. The van der Waals surface area contributed by atoms with Gasteiger partial charge >= 0.3 is 0 Å². The molecule has 1 aromatic heterocycles. The van der Waals surface area contributed by atoms with E-state index < -0.39 is 10.0 Å². The molecule has 0 aliphatic carbocycles. The van der Waals surface area contributed by atoms with Gasteiger partial charge in [-0.05, 0) is 48.6 Å². The molecule has 1 saturated heterocycles. The average Bonchev–Trinajstić information content (AvgIpc) is 3.20. The molecule has 6 nitrogen and oxygen atoms in total. The van der Waals surface area contributed by atoms with Crippen molar-refractivity contribution in [2.75, 3.05) is 20.2 Å². The highest BCUT2D eigenvalue weighted by Gasteiger charge is 2.33. The van der Waals surface area contributed by atoms with Crippen molar-refractivity contribution in [1.29, 1.82) is 0 Å². The number of carbonyl (C=O) groups is 1. The van der Waals surface area contributed by atoms with E-state index in [1.54, 1.807) is 23.5 Å². The van der Waals surface area contributed by atoms with E-state index in [-0.39, 0.29) is 23.3 Å². The third kappa shape index (κ3) is 4.25. The Bertz CT molecular complexity index is 833. The SMILES string of the molecule is COc1ccc(S(=O)(=O)N2CCCC(C(=O)NCc3cccs3)C2)cc1. The average molecular weight is 395 g/mol. The summed E-state index contributed by atoms with van der Waals surface area (Å²) in [5.41, 5.74) is 0. The molecular weight excluding hydrogens is 372 g/mol. The first-order valence-corrected chi connectivity index (χ1v) is 10.8. The Labute approximate surface area is 157 Å². The Morgan fingerprint density at radius 2 is 2.08 bits per heavy atom. The van der Waals surface area contributed by atoms with Crippen molar-refractivity contribution in [2.24, 2.45) is 5.92 Å². The molecule has 2 heterocycles. The van der Waals surface area contributed by atoms with Crippen LogP contribution in [-0.4, -0.2) is 38.8 Å². The number of sulfonamides is 1. The third-order valence-corrected chi connectivity index (χ3v) is 7.22. The van der Waals surface area contributed by atoms with Crippen molar-refractivity contribution in [3.05, 3.63) is 46.7 Å². The Balaban J connectivity index is 1.65. The molecule has 1 unspecified atom stereocenters. The molecule has 8 heteroatoms. The largest absolute Gasteiger partial charge is 0.497 e. The van der Waals surface area contributed by atoms with Gasteiger partial charge in [0.2, 0.25) is 15.9 Å². The standard InChI is InChI=1S/C18H22N2O4S2/c1-24-15-6-8-17(9-7-15)26(22,23)20-10-2-4-14(13-20)18(21)19-12-16-5-3-11-25-16/h3,5-9,11,14H,2,4,10,12-13H2,1H3,(H,19,21). The Hall–Kier alpha value is -1.90. The topological polar surface area (TPSA) is 75.7 Å². The molecular formula is C18H22N2O4S2. The minimum absolute atomic E-state index is 0.0898. The number of benzene rings is 1. The lowest BCUT2D eigenvalue weighted by Gasteiger charge is -2.31. The maximum atomic E-state index is 12.9. The smallest absolute Gasteiger partial charge is 0.243 e. The lowest BCUT2D eigenvalue weighted by Crippen LogP contribution is -2.45. The van der Waals surface area contributed by atoms with Gasteiger partial charge in [-0.2, -0.15) is 4.31 Å². The van der Waals surface area contributed by atoms with E-state index in [1.165, 1.54) is 23.5 Å². The van der Waals surface area contributed by atoms with Gasteiger partial charge in [-0.15, -0.1) is 11.3 Å². The van der Waals surface area contributed by atoms with Gasteiger partial charge in [-0.1, -0.05) is 6.07 Å². The Morgan fingerprint density at radius 3 is 2.73 bits per heavy atom. The fraction of sp³-hybridized carbons (Fsp3) is 0.389. The van der Waals surface area contributed by atoms with Gasteiger partial charge in [0.15, 0.2) is 0 Å². The molecule has 1 atom stereocenters. The zero-order valence-electron chi connectivity index (χ0n) is 14.6. The van der Waals surface area contributed by atoms with Crippen LogP contribution < -0.4 is 10.1 Å². The number of hydrogen-bond acceptors (Lipinski definition) is 5. The van der Waals surface area contributed by atoms with E-state index in [9.17, 15) is 13.2 Å². The van der Waals surface area contributed by atoms with Crippen molar-refractivity contribution < 1.29 is 17.9 Å². The van der Waals surface area contributed by atoms with Crippen molar-refractivity contribution >= 4 is 27.3 Å². The Kier molecular flexibility index (Phi) is 5.95. The maximum absolute atomic E-state index is 12.9. The van der Waals surface area contributed by atoms with E-state index in [4.69, 9.17) is 4.74 Å². The monoisotopic (exact) mass is 394 g/mol. The summed E-state index contributed by atoms with van der Waals surface area (Å²) in [5, 5.41) is 4.88. The van der Waals surface area contributed by atoms with E-state index in [1.807, 2.05) is 17.5 Å². The second kappa shape index (κ2) is 8.20. The molecule has 0 saturated carbocycles. The van der Waals surface area contributed by atoms with Gasteiger partial charge in [0.1, 0.15) is 5.75 Å². The number of rotatable bonds is 6. The first kappa shape index (κ1) is 18.9. The lowest BCUT2D eigenvalue weighted by molar-refractivity contribution is -0.126. The summed E-state index contributed by atoms with van der Waals surface area (Å²) in [5.74, 6) is 0.193. The molecule has 0 bridgehead atoms. The summed E-state index contributed by atoms with van der Waals surface area (Å²) in [6.07, 6.45) is 1.37. The van der Waals surface area contributed by atoms with Crippen LogP contribution in [-0.2, 0) is 21.4 Å². The molecule has 1 fully saturated rings. The molecule has 1 aromatic carbocycles. The predicted molar refractivity (Wildman–Crippen MR) is 101 cm³/mol. The molecule has 1 aliphatic rings. The van der Waals surface area contributed by atoms with E-state index in [0.29, 0.717) is 31.7 Å². The fourth-order valence-electron chi connectivity index (χ4n) is 3.00. The molecule has 2 aromatic rings. The summed E-state index contributed by atoms with van der Waals surface area (Å²) in [6.45, 7) is 1.13. The summed E-state index contributed by atoms with van der Waals surface area (Å²) in [4.78, 5) is 13.7. The summed E-state index contributed by atoms with van der Waals surface area (Å²) < 4.78 is 32.2. The summed E-state index contributed by atoms with van der Waals surface area (Å²) in [7, 11) is -2.08. The van der Waals surface area contributed by atoms with Crippen LogP contribution >= 0.6 is 11.3 Å². The van der Waals surface area contributed by atoms with Gasteiger partial charge in [0, 0.05) is 18.0 Å². The third-order valence-electron chi connectivity index (χ3n) is 4.47. The Morgan fingerprint density at radius 1 is 1.31 bits per heavy atom. The number of nitrogens with one attached hydrogen (secondary N) is 1. The predicted octanol–water partition coefficient (Wildman–Crippen LogP) is 2.47. The normalized spacial score (nSPS) is 18.4. The van der Waals surface area contributed by atoms with Crippen LogP contribution in [0, 0.1) is 5.92 Å². The summed E-state index contributed by atoms with van der Waals surface area (Å²) in [6, 6.07) is 10.2. The zero-order chi connectivity index (χ0) is 18.6. The lowest BCUT2D eigenvalue weighted by atomic mass is 9.99. The first-order valence-electron chi connectivity index (χ1n) is 8.45. The molecule has 1 aliphatic heterocycles. The maximum Gasteiger partial charge on any atom is 0.243 e. The van der Waals surface area contributed by atoms with Crippen LogP contribution in [0.4, 0.5) is 0 Å². The van der Waals surface area contributed by atoms with E-state index in [0.717, 1.165) is 4.88 Å². The number of hydrogen-bond donors (Lipinski definition) is 1. The number of nitrogens with zero attached hydrogens (tertiary/aromatic N) is 1. The second-order valence-electron chi connectivity index (χ2n) is 6.17. The van der Waals surface area contributed by atoms with Crippen molar-refractivity contribution in [2.45, 2.75) is 24.3 Å². The highest BCUT2D eigenvalue weighted by atomic mass is 32.2.